The van der Waals surface area contributed by atoms with Gasteiger partial charge in [-0.3, -0.25) is 0 Å². The number of nitrogens with zero attached hydrogens (tertiary/aromatic N) is 1. The average molecular weight is 180 g/mol. The van der Waals surface area contributed by atoms with Gasteiger partial charge in [-0.25, -0.2) is 0 Å². The summed E-state index contributed by atoms with van der Waals surface area (Å²) in [7, 11) is 0. The number of aryl methyl sites for hydroxylation is 1. The third-order valence-corrected chi connectivity index (χ3v) is 2.31. The Hall–Kier alpha value is -0.760. The van der Waals surface area contributed by atoms with Gasteiger partial charge in [0.25, 0.3) is 0 Å². The maximum atomic E-state index is 3.43. The number of hydrogen-bond acceptors (Lipinski definition) is 1. The highest BCUT2D eigenvalue weighted by molar-refractivity contribution is 5.21. The van der Waals surface area contributed by atoms with E-state index in [-0.39, 0.29) is 0 Å². The molecule has 1 aromatic rings. The van der Waals surface area contributed by atoms with E-state index in [1.807, 2.05) is 13.8 Å². The van der Waals surface area contributed by atoms with Gasteiger partial charge in [-0.15, -0.1) is 0 Å². The topological polar surface area (TPSA) is 17.0 Å². The van der Waals surface area contributed by atoms with Crippen molar-refractivity contribution in [1.82, 2.24) is 9.88 Å². The van der Waals surface area contributed by atoms with E-state index in [1.165, 1.54) is 11.3 Å². The average Bonchev–Trinajstić information content (AvgIpc) is 2.51. The highest BCUT2D eigenvalue weighted by Crippen LogP contribution is 2.18. The Morgan fingerprint density at radius 1 is 1.46 bits per heavy atom. The first-order valence-corrected chi connectivity index (χ1v) is 5.17. The summed E-state index contributed by atoms with van der Waals surface area (Å²) in [6.45, 7) is 10.6. The predicted molar refractivity (Wildman–Crippen MR) is 56.9 cm³/mol. The van der Waals surface area contributed by atoms with Crippen LogP contribution in [0, 0.1) is 6.92 Å². The molecule has 0 radical (unpaired) electrons. The van der Waals surface area contributed by atoms with Crippen LogP contribution in [0.3, 0.4) is 0 Å². The number of fused-ring (bicyclic) bond motifs is 1. The molecule has 1 aliphatic heterocycles. The van der Waals surface area contributed by atoms with Crippen molar-refractivity contribution in [3.05, 3.63) is 23.5 Å². The van der Waals surface area contributed by atoms with Gasteiger partial charge < -0.3 is 9.88 Å². The summed E-state index contributed by atoms with van der Waals surface area (Å²) in [5.41, 5.74) is 2.80. The number of aromatic nitrogens is 1. The Bertz CT molecular complexity index is 263. The Labute approximate surface area is 81.0 Å². The molecule has 1 aliphatic rings. The predicted octanol–water partition coefficient (Wildman–Crippen LogP) is 2.49. The van der Waals surface area contributed by atoms with Crippen LogP contribution in [0.5, 0.6) is 0 Å². The maximum Gasteiger partial charge on any atom is 0.0446 e. The summed E-state index contributed by atoms with van der Waals surface area (Å²) in [5.74, 6) is 0. The zero-order valence-corrected chi connectivity index (χ0v) is 9.09. The van der Waals surface area contributed by atoms with Crippen molar-refractivity contribution in [3.8, 4) is 0 Å². The number of hydrogen-bond donors (Lipinski definition) is 1. The van der Waals surface area contributed by atoms with Crippen molar-refractivity contribution in [2.75, 3.05) is 6.54 Å². The van der Waals surface area contributed by atoms with Gasteiger partial charge in [0.05, 0.1) is 0 Å². The SMILES string of the molecule is CC.Cc1cc2n(c1)CCN[C@@H]2C. The van der Waals surface area contributed by atoms with Crippen LogP contribution in [0.1, 0.15) is 38.1 Å². The van der Waals surface area contributed by atoms with E-state index in [9.17, 15) is 0 Å². The highest BCUT2D eigenvalue weighted by atomic mass is 15.1. The molecule has 0 aliphatic carbocycles. The van der Waals surface area contributed by atoms with Gasteiger partial charge in [0, 0.05) is 31.0 Å². The van der Waals surface area contributed by atoms with Crippen LogP contribution in [-0.4, -0.2) is 11.1 Å². The molecule has 1 aromatic heterocycles. The second-order valence-electron chi connectivity index (χ2n) is 3.31. The molecular weight excluding hydrogens is 160 g/mol. The molecule has 0 saturated heterocycles. The Morgan fingerprint density at radius 3 is 2.77 bits per heavy atom. The summed E-state index contributed by atoms with van der Waals surface area (Å²) in [6, 6.07) is 2.79. The van der Waals surface area contributed by atoms with Crippen molar-refractivity contribution >= 4 is 0 Å². The molecule has 2 heterocycles. The molecule has 0 saturated carbocycles. The molecule has 2 heteroatoms. The number of nitrogens with one attached hydrogen (secondary N) is 1. The van der Waals surface area contributed by atoms with E-state index in [0.717, 1.165) is 13.1 Å². The van der Waals surface area contributed by atoms with Crippen LogP contribution in [-0.2, 0) is 6.54 Å². The minimum Gasteiger partial charge on any atom is -0.348 e. The largest absolute Gasteiger partial charge is 0.348 e. The van der Waals surface area contributed by atoms with Crippen LogP contribution < -0.4 is 5.32 Å². The molecule has 13 heavy (non-hydrogen) atoms. The molecule has 1 atom stereocenters. The summed E-state index contributed by atoms with van der Waals surface area (Å²) in [6.07, 6.45) is 2.23. The summed E-state index contributed by atoms with van der Waals surface area (Å²) in [4.78, 5) is 0. The van der Waals surface area contributed by atoms with E-state index < -0.39 is 0 Å². The highest BCUT2D eigenvalue weighted by Gasteiger charge is 2.14. The lowest BCUT2D eigenvalue weighted by Crippen LogP contribution is -2.30. The fraction of sp³-hybridized carbons (Fsp3) is 0.636. The molecule has 2 rings (SSSR count). The fourth-order valence-electron chi connectivity index (χ4n) is 1.75. The lowest BCUT2D eigenvalue weighted by molar-refractivity contribution is 0.448. The normalized spacial score (nSPS) is 20.2. The minimum absolute atomic E-state index is 0.525. The number of rotatable bonds is 0. The zero-order chi connectivity index (χ0) is 9.84. The van der Waals surface area contributed by atoms with Gasteiger partial charge in [-0.1, -0.05) is 13.8 Å². The van der Waals surface area contributed by atoms with E-state index >= 15 is 0 Å². The van der Waals surface area contributed by atoms with Gasteiger partial charge in [-0.05, 0) is 25.5 Å². The van der Waals surface area contributed by atoms with Crippen molar-refractivity contribution in [2.45, 2.75) is 40.3 Å². The Morgan fingerprint density at radius 2 is 2.15 bits per heavy atom. The summed E-state index contributed by atoms with van der Waals surface area (Å²) < 4.78 is 2.34. The van der Waals surface area contributed by atoms with Crippen molar-refractivity contribution < 1.29 is 0 Å². The summed E-state index contributed by atoms with van der Waals surface area (Å²) >= 11 is 0. The van der Waals surface area contributed by atoms with Gasteiger partial charge in [0.15, 0.2) is 0 Å². The smallest absolute Gasteiger partial charge is 0.0446 e. The molecule has 2 nitrogen and oxygen atoms in total. The molecule has 0 aromatic carbocycles. The molecule has 0 unspecified atom stereocenters. The summed E-state index contributed by atoms with van der Waals surface area (Å²) in [5, 5.41) is 3.43. The maximum absolute atomic E-state index is 3.43. The van der Waals surface area contributed by atoms with Crippen molar-refractivity contribution in [3.63, 3.8) is 0 Å². The first-order chi connectivity index (χ1) is 6.27. The van der Waals surface area contributed by atoms with Crippen molar-refractivity contribution in [2.24, 2.45) is 0 Å². The standard InChI is InChI=1S/C9H14N2.C2H6/c1-7-5-9-8(2)10-3-4-11(9)6-7;1-2/h5-6,8,10H,3-4H2,1-2H3;1-2H3/t8-;/m1./s1. The second kappa shape index (κ2) is 4.47. The third kappa shape index (κ3) is 2.13. The molecule has 0 fully saturated rings. The van der Waals surface area contributed by atoms with E-state index in [2.05, 4.69) is 36.0 Å². The lowest BCUT2D eigenvalue weighted by Gasteiger charge is -2.22. The monoisotopic (exact) mass is 180 g/mol. The fourth-order valence-corrected chi connectivity index (χ4v) is 1.75. The Kier molecular flexibility index (Phi) is 3.55. The lowest BCUT2D eigenvalue weighted by atomic mass is 10.2. The van der Waals surface area contributed by atoms with Gasteiger partial charge in [-0.2, -0.15) is 0 Å². The third-order valence-electron chi connectivity index (χ3n) is 2.31. The Balaban J connectivity index is 0.000000396. The van der Waals surface area contributed by atoms with Crippen LogP contribution in [0.2, 0.25) is 0 Å². The first-order valence-electron chi connectivity index (χ1n) is 5.17. The van der Waals surface area contributed by atoms with Crippen LogP contribution in [0.25, 0.3) is 0 Å². The van der Waals surface area contributed by atoms with E-state index in [4.69, 9.17) is 0 Å². The van der Waals surface area contributed by atoms with Gasteiger partial charge in [0.2, 0.25) is 0 Å². The minimum atomic E-state index is 0.525. The molecular formula is C11H20N2. The van der Waals surface area contributed by atoms with Crippen LogP contribution in [0.4, 0.5) is 0 Å². The van der Waals surface area contributed by atoms with Crippen molar-refractivity contribution in [1.29, 1.82) is 0 Å². The van der Waals surface area contributed by atoms with Crippen LogP contribution >= 0.6 is 0 Å². The van der Waals surface area contributed by atoms with Gasteiger partial charge in [0.1, 0.15) is 0 Å². The first kappa shape index (κ1) is 10.3. The molecule has 1 N–H and O–H groups in total. The molecule has 0 bridgehead atoms. The van der Waals surface area contributed by atoms with Gasteiger partial charge >= 0.3 is 0 Å². The van der Waals surface area contributed by atoms with E-state index in [0.29, 0.717) is 6.04 Å². The van der Waals surface area contributed by atoms with E-state index in [1.54, 1.807) is 0 Å². The zero-order valence-electron chi connectivity index (χ0n) is 9.09. The van der Waals surface area contributed by atoms with Crippen LogP contribution in [0.15, 0.2) is 12.3 Å². The molecule has 0 spiro atoms. The molecule has 0 amide bonds. The quantitative estimate of drug-likeness (QED) is 0.649. The second-order valence-corrected chi connectivity index (χ2v) is 3.31. The molecule has 74 valence electrons.